The number of hydroxylamine groups is 6. The minimum absolute atomic E-state index is 0.0797. The summed E-state index contributed by atoms with van der Waals surface area (Å²) in [6.45, 7) is 24.6. The van der Waals surface area contributed by atoms with Crippen LogP contribution < -0.4 is 18.9 Å². The van der Waals surface area contributed by atoms with E-state index in [1.807, 2.05) is 48.5 Å². The average molecular weight is 977 g/mol. The third-order valence-electron chi connectivity index (χ3n) is 14.3. The fraction of sp³-hybridized carbons (Fsp3) is 0.467. The lowest BCUT2D eigenvalue weighted by Crippen LogP contribution is -2.53. The van der Waals surface area contributed by atoms with Gasteiger partial charge in [0.15, 0.2) is 11.1 Å². The van der Waals surface area contributed by atoms with E-state index in [1.54, 1.807) is 79.7 Å². The lowest BCUT2D eigenvalue weighted by molar-refractivity contribution is -0.539. The van der Waals surface area contributed by atoms with E-state index in [9.17, 15) is 20.8 Å². The van der Waals surface area contributed by atoms with Crippen molar-refractivity contribution in [3.63, 3.8) is 0 Å². The molecule has 0 unspecified atom stereocenters. The summed E-state index contributed by atoms with van der Waals surface area (Å²) in [5.41, 5.74) is 1.28. The van der Waals surface area contributed by atoms with Gasteiger partial charge in [-0.15, -0.1) is 0 Å². The first kappa shape index (κ1) is 54.6. The number of ether oxygens (including phenoxy) is 4. The number of rotatable bonds is 18. The van der Waals surface area contributed by atoms with Gasteiger partial charge < -0.3 is 29.4 Å². The zero-order valence-corrected chi connectivity index (χ0v) is 44.5. The molecule has 380 valence electrons. The van der Waals surface area contributed by atoms with E-state index in [4.69, 9.17) is 18.9 Å². The lowest BCUT2D eigenvalue weighted by Gasteiger charge is -2.32. The molecule has 4 aromatic carbocycles. The van der Waals surface area contributed by atoms with Crippen molar-refractivity contribution in [3.8, 4) is 58.5 Å². The number of benzene rings is 4. The maximum absolute atomic E-state index is 13.3. The van der Waals surface area contributed by atoms with Gasteiger partial charge in [-0.2, -0.15) is 0 Å². The summed E-state index contributed by atoms with van der Waals surface area (Å²) in [5, 5.41) is 54.9. The molecule has 0 saturated carbocycles. The smallest absolute Gasteiger partial charge is 0.316 e. The van der Waals surface area contributed by atoms with E-state index in [-0.39, 0.29) is 11.7 Å². The molecule has 2 heterocycles. The number of hydrogen-bond donors (Lipinski definition) is 0. The molecule has 6 rings (SSSR count). The number of nitrogens with zero attached hydrogens (tertiary/aromatic N) is 4. The molecule has 0 bridgehead atoms. The Labute approximate surface area is 428 Å². The molecule has 2 aliphatic heterocycles. The highest BCUT2D eigenvalue weighted by Crippen LogP contribution is 2.39. The highest BCUT2D eigenvalue weighted by Gasteiger charge is 2.61. The van der Waals surface area contributed by atoms with E-state index < -0.39 is 22.2 Å². The van der Waals surface area contributed by atoms with Gasteiger partial charge in [-0.1, -0.05) is 99.0 Å². The quantitative estimate of drug-likeness (QED) is 0.0416. The molecule has 12 nitrogen and oxygen atoms in total. The summed E-state index contributed by atoms with van der Waals surface area (Å²) in [7, 11) is 0. The molecule has 12 heteroatoms. The summed E-state index contributed by atoms with van der Waals surface area (Å²) in [5.74, 6) is 22.4. The highest BCUT2D eigenvalue weighted by molar-refractivity contribution is 5.96. The Hall–Kier alpha value is -6.78. The van der Waals surface area contributed by atoms with Crippen molar-refractivity contribution in [2.45, 2.75) is 157 Å². The molecule has 0 saturated heterocycles. The van der Waals surface area contributed by atoms with E-state index in [1.165, 1.54) is 0 Å². The number of unbranched alkanes of at least 4 members (excludes halogenated alkanes) is 4. The first-order valence-electron chi connectivity index (χ1n) is 25.5. The lowest BCUT2D eigenvalue weighted by atomic mass is 9.84. The van der Waals surface area contributed by atoms with Crippen molar-refractivity contribution in [1.29, 1.82) is 0 Å². The van der Waals surface area contributed by atoms with Crippen molar-refractivity contribution in [2.75, 3.05) is 26.4 Å². The molecule has 0 atom stereocenters. The molecule has 0 fully saturated rings. The minimum Gasteiger partial charge on any atom is -0.714 e. The van der Waals surface area contributed by atoms with Gasteiger partial charge in [-0.25, -0.2) is 0 Å². The molecule has 2 radical (unpaired) electrons. The summed E-state index contributed by atoms with van der Waals surface area (Å²) in [6.07, 6.45) is 7.17. The van der Waals surface area contributed by atoms with Crippen LogP contribution in [0.5, 0.6) is 23.0 Å². The van der Waals surface area contributed by atoms with E-state index in [0.29, 0.717) is 93.9 Å². The third kappa shape index (κ3) is 11.4. The van der Waals surface area contributed by atoms with Crippen molar-refractivity contribution < 1.29 is 38.8 Å². The van der Waals surface area contributed by atoms with Crippen LogP contribution in [0.3, 0.4) is 0 Å². The Morgan fingerprint density at radius 2 is 0.681 bits per heavy atom. The molecular formula is C60H72N4O8. The Morgan fingerprint density at radius 3 is 0.903 bits per heavy atom. The Bertz CT molecular complexity index is 2630. The van der Waals surface area contributed by atoms with Gasteiger partial charge in [0.25, 0.3) is 0 Å². The van der Waals surface area contributed by atoms with Gasteiger partial charge in [-0.3, -0.25) is 9.48 Å². The second kappa shape index (κ2) is 23.2. The maximum Gasteiger partial charge on any atom is 0.316 e. The zero-order valence-electron chi connectivity index (χ0n) is 44.5. The molecule has 2 aliphatic rings. The van der Waals surface area contributed by atoms with Crippen LogP contribution in [0, 0.1) is 45.9 Å². The molecule has 4 aromatic rings. The average Bonchev–Trinajstić information content (AvgIpc) is 3.55. The van der Waals surface area contributed by atoms with E-state index in [0.717, 1.165) is 71.0 Å². The van der Waals surface area contributed by atoms with Crippen LogP contribution in [0.25, 0.3) is 0 Å². The molecular weight excluding hydrogens is 905 g/mol. The summed E-state index contributed by atoms with van der Waals surface area (Å²) in [4.78, 5) is 0. The zero-order chi connectivity index (χ0) is 52.4. The number of hydrogen-bond acceptors (Lipinski definition) is 8. The molecule has 0 spiro atoms. The first-order valence-corrected chi connectivity index (χ1v) is 25.5. The van der Waals surface area contributed by atoms with Crippen LogP contribution in [0.1, 0.15) is 179 Å². The second-order valence-electron chi connectivity index (χ2n) is 20.5. The molecule has 0 aliphatic carbocycles. The SMILES string of the molecule is CCCCOc1cc(C#Cc2cc(OCCCC)c(C#Cc3ccc(C4=[N+]([O-])C(C)(C)C(C)(C)N4[O])cc3)cc2OCCCC)c(OCCCC)cc1C#Cc1ccc(C2=[N+]([O-])C(C)(C)C(C)(C)N2[O])cc1. The first-order chi connectivity index (χ1) is 34.2. The third-order valence-corrected chi connectivity index (χ3v) is 14.3. The van der Waals surface area contributed by atoms with E-state index in [2.05, 4.69) is 63.2 Å². The summed E-state index contributed by atoms with van der Waals surface area (Å²) >= 11 is 0. The van der Waals surface area contributed by atoms with Crippen LogP contribution in [0.15, 0.2) is 72.8 Å². The largest absolute Gasteiger partial charge is 0.714 e. The summed E-state index contributed by atoms with van der Waals surface area (Å²) in [6, 6.07) is 21.8. The maximum atomic E-state index is 13.3. The van der Waals surface area contributed by atoms with Gasteiger partial charge in [0, 0.05) is 45.8 Å². The highest BCUT2D eigenvalue weighted by atomic mass is 16.5. The Morgan fingerprint density at radius 1 is 0.431 bits per heavy atom. The monoisotopic (exact) mass is 977 g/mol. The topological polar surface area (TPSA) is 135 Å². The Kier molecular flexibility index (Phi) is 17.6. The fourth-order valence-electron chi connectivity index (χ4n) is 7.80. The van der Waals surface area contributed by atoms with Crippen LogP contribution in [-0.2, 0) is 10.4 Å². The van der Waals surface area contributed by atoms with Crippen molar-refractivity contribution in [3.05, 3.63) is 128 Å². The van der Waals surface area contributed by atoms with Gasteiger partial charge in [0.2, 0.25) is 0 Å². The van der Waals surface area contributed by atoms with Crippen molar-refractivity contribution in [2.24, 2.45) is 0 Å². The predicted octanol–water partition coefficient (Wildman–Crippen LogP) is 11.6. The number of amidine groups is 2. The summed E-state index contributed by atoms with van der Waals surface area (Å²) < 4.78 is 27.2. The standard InChI is InChI=1S/C60H72N4O8/c1-13-17-35-69-51-41-49(53(71-37-19-15-3)39-47(51)31-25-43-21-27-45(28-22-43)55-61(65)57(5,6)58(7,8)62(55)66)33-34-50-42-52(70-36-18-14-2)48(40-54(50)72-38-20-16-4)32-26-44-23-29-46(30-24-44)56-63(67)59(9,10)60(11,12)64(56)68/h21-24,27-30,39-42H,13-20,35-38H2,1-12H3. The predicted molar refractivity (Wildman–Crippen MR) is 282 cm³/mol. The Balaban J connectivity index is 1.38. The van der Waals surface area contributed by atoms with Crippen LogP contribution in [0.4, 0.5) is 0 Å². The van der Waals surface area contributed by atoms with Gasteiger partial charge >= 0.3 is 11.7 Å². The van der Waals surface area contributed by atoms with E-state index >= 15 is 0 Å². The fourth-order valence-corrected chi connectivity index (χ4v) is 7.80. The van der Waals surface area contributed by atoms with Gasteiger partial charge in [-0.05, 0) is 130 Å². The normalized spacial score (nSPS) is 16.1. The molecule has 0 aromatic heterocycles. The van der Waals surface area contributed by atoms with Crippen LogP contribution >= 0.6 is 0 Å². The second-order valence-corrected chi connectivity index (χ2v) is 20.5. The van der Waals surface area contributed by atoms with Crippen LogP contribution in [-0.4, -0.2) is 79.9 Å². The minimum atomic E-state index is -0.920. The molecule has 0 N–H and O–H groups in total. The van der Waals surface area contributed by atoms with Gasteiger partial charge in [0.1, 0.15) is 34.1 Å². The molecule has 72 heavy (non-hydrogen) atoms. The van der Waals surface area contributed by atoms with Gasteiger partial charge in [0.05, 0.1) is 59.8 Å². The molecule has 0 amide bonds. The van der Waals surface area contributed by atoms with Crippen molar-refractivity contribution in [1.82, 2.24) is 10.1 Å². The van der Waals surface area contributed by atoms with Crippen molar-refractivity contribution >= 4 is 11.7 Å². The van der Waals surface area contributed by atoms with Crippen LogP contribution in [0.2, 0.25) is 0 Å².